The third kappa shape index (κ3) is 4.06. The lowest BCUT2D eigenvalue weighted by Gasteiger charge is -2.37. The van der Waals surface area contributed by atoms with E-state index >= 15 is 0 Å². The first kappa shape index (κ1) is 19.3. The van der Waals surface area contributed by atoms with Crippen LogP contribution in [-0.4, -0.2) is 50.0 Å². The summed E-state index contributed by atoms with van der Waals surface area (Å²) in [5.74, 6) is 0.380. The van der Waals surface area contributed by atoms with Gasteiger partial charge in [0.2, 0.25) is 0 Å². The van der Waals surface area contributed by atoms with Crippen LogP contribution in [0.15, 0.2) is 42.5 Å². The number of nitrogens with zero attached hydrogens (tertiary/aromatic N) is 2. The molecule has 152 valence electrons. The Labute approximate surface area is 171 Å². The summed E-state index contributed by atoms with van der Waals surface area (Å²) < 4.78 is 5.87. The molecule has 2 aliphatic rings. The minimum Gasteiger partial charge on any atom is -0.493 e. The van der Waals surface area contributed by atoms with Gasteiger partial charge in [0, 0.05) is 50.0 Å². The van der Waals surface area contributed by atoms with Crippen LogP contribution in [-0.2, 0) is 0 Å². The van der Waals surface area contributed by atoms with Gasteiger partial charge >= 0.3 is 0 Å². The highest BCUT2D eigenvalue weighted by molar-refractivity contribution is 6.06. The highest BCUT2D eigenvalue weighted by Crippen LogP contribution is 2.31. The normalized spacial score (nSPS) is 18.6. The number of hydrogen-bond acceptors (Lipinski definition) is 4. The summed E-state index contributed by atoms with van der Waals surface area (Å²) in [5, 5.41) is 2.92. The molecule has 2 aromatic rings. The molecule has 2 heterocycles. The van der Waals surface area contributed by atoms with Crippen LogP contribution in [0.1, 0.15) is 46.4 Å². The molecule has 0 aromatic heterocycles. The first-order chi connectivity index (χ1) is 14.0. The molecule has 6 heteroatoms. The summed E-state index contributed by atoms with van der Waals surface area (Å²) in [7, 11) is 3.87. The van der Waals surface area contributed by atoms with Crippen molar-refractivity contribution in [3.8, 4) is 5.75 Å². The van der Waals surface area contributed by atoms with Gasteiger partial charge in [0.1, 0.15) is 5.75 Å². The van der Waals surface area contributed by atoms with E-state index in [4.69, 9.17) is 4.74 Å². The minimum atomic E-state index is -0.205. The fourth-order valence-electron chi connectivity index (χ4n) is 4.06. The van der Waals surface area contributed by atoms with Crippen LogP contribution in [0.3, 0.4) is 0 Å². The lowest BCUT2D eigenvalue weighted by molar-refractivity contribution is 0.0548. The predicted molar refractivity (Wildman–Crippen MR) is 114 cm³/mol. The van der Waals surface area contributed by atoms with Gasteiger partial charge in [0.15, 0.2) is 0 Å². The number of hydrogen-bond donors (Lipinski definition) is 1. The van der Waals surface area contributed by atoms with Gasteiger partial charge in [-0.1, -0.05) is 6.07 Å². The number of amides is 2. The fourth-order valence-corrected chi connectivity index (χ4v) is 4.06. The quantitative estimate of drug-likeness (QED) is 0.862. The summed E-state index contributed by atoms with van der Waals surface area (Å²) in [5.41, 5.74) is 2.64. The van der Waals surface area contributed by atoms with Gasteiger partial charge in [-0.2, -0.15) is 0 Å². The highest BCUT2D eigenvalue weighted by atomic mass is 16.5. The molecule has 1 unspecified atom stereocenters. The Kier molecular flexibility index (Phi) is 5.43. The predicted octanol–water partition coefficient (Wildman–Crippen LogP) is 3.78. The average Bonchev–Trinajstić information content (AvgIpc) is 2.73. The van der Waals surface area contributed by atoms with E-state index in [0.29, 0.717) is 29.2 Å². The van der Waals surface area contributed by atoms with Crippen molar-refractivity contribution >= 4 is 23.2 Å². The number of ether oxygens (including phenoxy) is 1. The van der Waals surface area contributed by atoms with Crippen LogP contribution in [0.5, 0.6) is 5.75 Å². The molecule has 2 aromatic carbocycles. The SMILES string of the molecule is CN(C)c1cccc(C(=O)Nc2ccc3c(c2)C(=O)N2CCCCC2CCO3)c1. The second kappa shape index (κ2) is 8.15. The van der Waals surface area contributed by atoms with E-state index in [2.05, 4.69) is 5.32 Å². The lowest BCUT2D eigenvalue weighted by Crippen LogP contribution is -2.45. The van der Waals surface area contributed by atoms with E-state index in [1.54, 1.807) is 24.3 Å². The Hall–Kier alpha value is -3.02. The van der Waals surface area contributed by atoms with E-state index in [-0.39, 0.29) is 17.9 Å². The molecule has 2 amide bonds. The Morgan fingerprint density at radius 2 is 2.00 bits per heavy atom. The maximum atomic E-state index is 13.2. The largest absolute Gasteiger partial charge is 0.493 e. The Bertz CT molecular complexity index is 925. The molecule has 0 aliphatic carbocycles. The zero-order valence-corrected chi connectivity index (χ0v) is 17.0. The van der Waals surface area contributed by atoms with Crippen molar-refractivity contribution in [1.82, 2.24) is 4.90 Å². The van der Waals surface area contributed by atoms with E-state index in [1.165, 1.54) is 0 Å². The van der Waals surface area contributed by atoms with Crippen molar-refractivity contribution in [2.24, 2.45) is 0 Å². The summed E-state index contributed by atoms with van der Waals surface area (Å²) in [6.45, 7) is 1.39. The zero-order chi connectivity index (χ0) is 20.4. The molecular weight excluding hydrogens is 366 g/mol. The van der Waals surface area contributed by atoms with Gasteiger partial charge in [-0.3, -0.25) is 9.59 Å². The van der Waals surface area contributed by atoms with Crippen LogP contribution < -0.4 is 15.0 Å². The van der Waals surface area contributed by atoms with Gasteiger partial charge in [-0.15, -0.1) is 0 Å². The Morgan fingerprint density at radius 1 is 1.14 bits per heavy atom. The van der Waals surface area contributed by atoms with Crippen molar-refractivity contribution in [3.63, 3.8) is 0 Å². The van der Waals surface area contributed by atoms with Gasteiger partial charge < -0.3 is 19.9 Å². The zero-order valence-electron chi connectivity index (χ0n) is 17.0. The van der Waals surface area contributed by atoms with E-state index < -0.39 is 0 Å². The summed E-state index contributed by atoms with van der Waals surface area (Å²) in [4.78, 5) is 29.8. The molecule has 2 aliphatic heterocycles. The van der Waals surface area contributed by atoms with Crippen molar-refractivity contribution in [1.29, 1.82) is 0 Å². The van der Waals surface area contributed by atoms with Crippen LogP contribution >= 0.6 is 0 Å². The van der Waals surface area contributed by atoms with E-state index in [0.717, 1.165) is 37.9 Å². The van der Waals surface area contributed by atoms with Crippen molar-refractivity contribution < 1.29 is 14.3 Å². The lowest BCUT2D eigenvalue weighted by atomic mass is 9.97. The van der Waals surface area contributed by atoms with Crippen LogP contribution in [0.2, 0.25) is 0 Å². The summed E-state index contributed by atoms with van der Waals surface area (Å²) >= 11 is 0. The number of nitrogens with one attached hydrogen (secondary N) is 1. The molecule has 6 nitrogen and oxygen atoms in total. The van der Waals surface area contributed by atoms with E-state index in [1.807, 2.05) is 42.1 Å². The Balaban J connectivity index is 1.58. The first-order valence-electron chi connectivity index (χ1n) is 10.2. The molecular formula is C23H27N3O3. The van der Waals surface area contributed by atoms with Crippen LogP contribution in [0.4, 0.5) is 11.4 Å². The minimum absolute atomic E-state index is 0.00453. The standard InChI is InChI=1S/C23H27N3O3/c1-25(2)19-8-5-6-16(14-19)22(27)24-17-9-10-21-20(15-17)23(28)26-12-4-3-7-18(26)11-13-29-21/h5-6,8-10,14-15,18H,3-4,7,11-13H2,1-2H3,(H,24,27). The Morgan fingerprint density at radius 3 is 2.83 bits per heavy atom. The molecule has 1 fully saturated rings. The number of carbonyl (C=O) groups excluding carboxylic acids is 2. The van der Waals surface area contributed by atoms with Crippen molar-refractivity contribution in [2.45, 2.75) is 31.7 Å². The summed E-state index contributed by atoms with van der Waals surface area (Å²) in [6, 6.07) is 13.0. The number of rotatable bonds is 3. The third-order valence-electron chi connectivity index (χ3n) is 5.69. The van der Waals surface area contributed by atoms with Gasteiger partial charge in [-0.05, 0) is 55.7 Å². The van der Waals surface area contributed by atoms with E-state index in [9.17, 15) is 9.59 Å². The molecule has 0 spiro atoms. The number of carbonyl (C=O) groups is 2. The molecule has 29 heavy (non-hydrogen) atoms. The number of piperidine rings is 1. The molecule has 1 saturated heterocycles. The van der Waals surface area contributed by atoms with Crippen molar-refractivity contribution in [3.05, 3.63) is 53.6 Å². The molecule has 0 bridgehead atoms. The van der Waals surface area contributed by atoms with Crippen molar-refractivity contribution in [2.75, 3.05) is 37.5 Å². The van der Waals surface area contributed by atoms with Gasteiger partial charge in [0.25, 0.3) is 11.8 Å². The fraction of sp³-hybridized carbons (Fsp3) is 0.391. The molecule has 4 rings (SSSR count). The molecule has 0 radical (unpaired) electrons. The highest BCUT2D eigenvalue weighted by Gasteiger charge is 2.31. The first-order valence-corrected chi connectivity index (χ1v) is 10.2. The monoisotopic (exact) mass is 393 g/mol. The topological polar surface area (TPSA) is 61.9 Å². The molecule has 1 atom stereocenters. The maximum absolute atomic E-state index is 13.2. The maximum Gasteiger partial charge on any atom is 0.257 e. The molecule has 1 N–H and O–H groups in total. The van der Waals surface area contributed by atoms with Gasteiger partial charge in [0.05, 0.1) is 12.2 Å². The summed E-state index contributed by atoms with van der Waals surface area (Å²) in [6.07, 6.45) is 4.09. The third-order valence-corrected chi connectivity index (χ3v) is 5.69. The van der Waals surface area contributed by atoms with Gasteiger partial charge in [-0.25, -0.2) is 0 Å². The van der Waals surface area contributed by atoms with Crippen LogP contribution in [0.25, 0.3) is 0 Å². The average molecular weight is 393 g/mol. The number of fused-ring (bicyclic) bond motifs is 2. The smallest absolute Gasteiger partial charge is 0.257 e. The second-order valence-corrected chi connectivity index (χ2v) is 7.90. The number of anilines is 2. The van der Waals surface area contributed by atoms with Crippen LogP contribution in [0, 0.1) is 0 Å². The second-order valence-electron chi connectivity index (χ2n) is 7.90. The number of benzene rings is 2. The molecule has 0 saturated carbocycles.